The Labute approximate surface area is 127 Å². The third-order valence-electron chi connectivity index (χ3n) is 3.90. The maximum atomic E-state index is 5.39. The maximum absolute atomic E-state index is 5.39. The Morgan fingerprint density at radius 1 is 1.38 bits per heavy atom. The quantitative estimate of drug-likeness (QED) is 0.837. The van der Waals surface area contributed by atoms with Gasteiger partial charge in [0.25, 0.3) is 0 Å². The fraction of sp³-hybridized carbons (Fsp3) is 0.538. The van der Waals surface area contributed by atoms with Crippen LogP contribution in [0.3, 0.4) is 0 Å². The zero-order chi connectivity index (χ0) is 14.2. The Kier molecular flexibility index (Phi) is 3.28. The number of hydrogen-bond donors (Lipinski definition) is 2. The first-order valence-electron chi connectivity index (χ1n) is 7.12. The molecule has 0 amide bonds. The summed E-state index contributed by atoms with van der Waals surface area (Å²) in [7, 11) is 0. The predicted octanol–water partition coefficient (Wildman–Crippen LogP) is 0.661. The van der Waals surface area contributed by atoms with E-state index < -0.39 is 0 Å². The van der Waals surface area contributed by atoms with Gasteiger partial charge < -0.3 is 20.0 Å². The van der Waals surface area contributed by atoms with Crippen molar-refractivity contribution in [3.8, 4) is 0 Å². The van der Waals surface area contributed by atoms with Gasteiger partial charge in [-0.1, -0.05) is 0 Å². The summed E-state index contributed by atoms with van der Waals surface area (Å²) in [5, 5.41) is 3.21. The van der Waals surface area contributed by atoms with Gasteiger partial charge in [0.15, 0.2) is 5.13 Å². The second-order valence-corrected chi connectivity index (χ2v) is 6.06. The topological polar surface area (TPSA) is 65.0 Å². The Hall–Kier alpha value is -1.64. The van der Waals surface area contributed by atoms with Gasteiger partial charge in [0.1, 0.15) is 12.0 Å². The monoisotopic (exact) mass is 306 g/mol. The largest absolute Gasteiger partial charge is 0.378 e. The fourth-order valence-corrected chi connectivity index (χ4v) is 3.67. The zero-order valence-electron chi connectivity index (χ0n) is 11.9. The number of hydrogen-bond acceptors (Lipinski definition) is 8. The van der Waals surface area contributed by atoms with Crippen LogP contribution in [0.25, 0.3) is 0 Å². The molecule has 7 nitrogen and oxygen atoms in total. The van der Waals surface area contributed by atoms with Gasteiger partial charge in [0, 0.05) is 24.7 Å². The maximum Gasteiger partial charge on any atom is 0.185 e. The highest BCUT2D eigenvalue weighted by atomic mass is 32.1. The molecule has 0 aliphatic carbocycles. The van der Waals surface area contributed by atoms with E-state index >= 15 is 0 Å². The van der Waals surface area contributed by atoms with Crippen molar-refractivity contribution in [2.24, 2.45) is 4.99 Å². The van der Waals surface area contributed by atoms with Crippen LogP contribution in [0.15, 0.2) is 21.9 Å². The highest BCUT2D eigenvalue weighted by molar-refractivity contribution is 7.13. The number of aliphatic imine (C=N–C) groups is 1. The molecule has 3 aliphatic rings. The van der Waals surface area contributed by atoms with Crippen LogP contribution in [0.5, 0.6) is 0 Å². The number of nitrogens with zero attached hydrogens (tertiary/aromatic N) is 4. The molecular weight excluding hydrogens is 288 g/mol. The number of morpholine rings is 1. The number of fused-ring (bicyclic) bond motifs is 1. The van der Waals surface area contributed by atoms with Crippen LogP contribution in [0.2, 0.25) is 0 Å². The van der Waals surface area contributed by atoms with Crippen molar-refractivity contribution in [3.63, 3.8) is 0 Å². The summed E-state index contributed by atoms with van der Waals surface area (Å²) < 4.78 is 5.39. The molecule has 4 heterocycles. The summed E-state index contributed by atoms with van der Waals surface area (Å²) in [5.74, 6) is 1.04. The molecule has 112 valence electrons. The van der Waals surface area contributed by atoms with E-state index in [2.05, 4.69) is 31.0 Å². The van der Waals surface area contributed by atoms with Gasteiger partial charge in [-0.05, 0) is 6.92 Å². The van der Waals surface area contributed by atoms with Gasteiger partial charge in [-0.15, -0.1) is 11.3 Å². The van der Waals surface area contributed by atoms with Crippen molar-refractivity contribution in [2.75, 3.05) is 37.7 Å². The van der Waals surface area contributed by atoms with E-state index in [4.69, 9.17) is 9.72 Å². The summed E-state index contributed by atoms with van der Waals surface area (Å²) in [5.41, 5.74) is 8.57. The zero-order valence-corrected chi connectivity index (χ0v) is 12.7. The first kappa shape index (κ1) is 13.1. The van der Waals surface area contributed by atoms with Crippen LogP contribution < -0.4 is 15.8 Å². The highest BCUT2D eigenvalue weighted by Gasteiger charge is 2.33. The SMILES string of the molecule is CC1=C2NNC(c3csc(N4CCOCC4)n3)N2CC=N1. The van der Waals surface area contributed by atoms with Crippen LogP contribution in [0, 0.1) is 0 Å². The van der Waals surface area contributed by atoms with E-state index in [1.165, 1.54) is 0 Å². The van der Waals surface area contributed by atoms with Crippen LogP contribution in [0.1, 0.15) is 18.8 Å². The molecule has 1 aromatic heterocycles. The van der Waals surface area contributed by atoms with Crippen LogP contribution in [-0.4, -0.2) is 48.9 Å². The molecule has 0 spiro atoms. The smallest absolute Gasteiger partial charge is 0.185 e. The lowest BCUT2D eigenvalue weighted by atomic mass is 10.3. The van der Waals surface area contributed by atoms with Gasteiger partial charge in [-0.3, -0.25) is 4.99 Å². The van der Waals surface area contributed by atoms with E-state index in [9.17, 15) is 0 Å². The van der Waals surface area contributed by atoms with E-state index in [0.29, 0.717) is 0 Å². The molecule has 0 aromatic carbocycles. The lowest BCUT2D eigenvalue weighted by molar-refractivity contribution is 0.122. The lowest BCUT2D eigenvalue weighted by Crippen LogP contribution is -2.36. The molecule has 1 aromatic rings. The highest BCUT2D eigenvalue weighted by Crippen LogP contribution is 2.31. The number of allylic oxidation sites excluding steroid dienone is 1. The average Bonchev–Trinajstić information content (AvgIpc) is 3.15. The first-order chi connectivity index (χ1) is 10.3. The van der Waals surface area contributed by atoms with E-state index in [-0.39, 0.29) is 6.17 Å². The molecule has 2 N–H and O–H groups in total. The number of nitrogens with one attached hydrogen (secondary N) is 2. The van der Waals surface area contributed by atoms with Crippen molar-refractivity contribution in [2.45, 2.75) is 13.1 Å². The van der Waals surface area contributed by atoms with Crippen molar-refractivity contribution >= 4 is 22.7 Å². The Balaban J connectivity index is 1.55. The summed E-state index contributed by atoms with van der Waals surface area (Å²) in [6, 6.07) is 0. The fourth-order valence-electron chi connectivity index (χ4n) is 2.77. The molecule has 0 saturated carbocycles. The number of thiazole rings is 1. The van der Waals surface area contributed by atoms with E-state index in [1.807, 2.05) is 13.1 Å². The molecule has 21 heavy (non-hydrogen) atoms. The van der Waals surface area contributed by atoms with Gasteiger partial charge in [-0.25, -0.2) is 10.4 Å². The van der Waals surface area contributed by atoms with Crippen LogP contribution >= 0.6 is 11.3 Å². The summed E-state index contributed by atoms with van der Waals surface area (Å²) >= 11 is 1.70. The number of ether oxygens (including phenoxy) is 1. The second kappa shape index (κ2) is 5.28. The molecule has 0 bridgehead atoms. The molecule has 3 aliphatic heterocycles. The standard InChI is InChI=1S/C13H18N6OS/c1-9-11-16-17-12(19(11)3-2-14-9)10-8-21-13(15-10)18-4-6-20-7-5-18/h2,8,12,16-17H,3-7H2,1H3. The second-order valence-electron chi connectivity index (χ2n) is 5.22. The van der Waals surface area contributed by atoms with Crippen LogP contribution in [0.4, 0.5) is 5.13 Å². The van der Waals surface area contributed by atoms with Crippen molar-refractivity contribution in [1.82, 2.24) is 20.7 Å². The Morgan fingerprint density at radius 2 is 2.24 bits per heavy atom. The summed E-state index contributed by atoms with van der Waals surface area (Å²) in [6.45, 7) is 6.21. The van der Waals surface area contributed by atoms with Gasteiger partial charge in [0.2, 0.25) is 0 Å². The predicted molar refractivity (Wildman–Crippen MR) is 82.1 cm³/mol. The normalized spacial score (nSPS) is 25.3. The average molecular weight is 306 g/mol. The molecule has 2 saturated heterocycles. The molecule has 2 fully saturated rings. The minimum absolute atomic E-state index is 0.0627. The van der Waals surface area contributed by atoms with Gasteiger partial charge in [0.05, 0.1) is 31.1 Å². The van der Waals surface area contributed by atoms with Crippen molar-refractivity contribution in [3.05, 3.63) is 22.6 Å². The van der Waals surface area contributed by atoms with Gasteiger partial charge >= 0.3 is 0 Å². The number of hydrazine groups is 1. The molecular formula is C13H18N6OS. The van der Waals surface area contributed by atoms with E-state index in [1.54, 1.807) is 11.3 Å². The number of aromatic nitrogens is 1. The molecule has 1 atom stereocenters. The summed E-state index contributed by atoms with van der Waals surface area (Å²) in [4.78, 5) is 13.7. The Morgan fingerprint density at radius 3 is 3.10 bits per heavy atom. The van der Waals surface area contributed by atoms with E-state index in [0.717, 1.165) is 55.2 Å². The minimum Gasteiger partial charge on any atom is -0.378 e. The van der Waals surface area contributed by atoms with Crippen LogP contribution in [-0.2, 0) is 4.74 Å². The molecule has 4 rings (SSSR count). The third kappa shape index (κ3) is 2.29. The molecule has 0 radical (unpaired) electrons. The molecule has 8 heteroatoms. The summed E-state index contributed by atoms with van der Waals surface area (Å²) in [6.07, 6.45) is 2.00. The van der Waals surface area contributed by atoms with Crippen molar-refractivity contribution < 1.29 is 4.74 Å². The first-order valence-corrected chi connectivity index (χ1v) is 8.00. The lowest BCUT2D eigenvalue weighted by Gasteiger charge is -2.27. The minimum atomic E-state index is 0.0627. The Bertz CT molecular complexity index is 591. The van der Waals surface area contributed by atoms with Gasteiger partial charge in [-0.2, -0.15) is 0 Å². The molecule has 1 unspecified atom stereocenters. The third-order valence-corrected chi connectivity index (χ3v) is 4.82. The van der Waals surface area contributed by atoms with Crippen molar-refractivity contribution in [1.29, 1.82) is 0 Å². The number of anilines is 1. The number of rotatable bonds is 2.